The van der Waals surface area contributed by atoms with Gasteiger partial charge in [-0.3, -0.25) is 15.8 Å². The second-order valence-electron chi connectivity index (χ2n) is 8.07. The second-order valence-corrected chi connectivity index (χ2v) is 8.07. The summed E-state index contributed by atoms with van der Waals surface area (Å²) in [6.45, 7) is 3.14. The molecule has 144 valence electrons. The molecule has 0 bridgehead atoms. The molecule has 2 fully saturated rings. The Morgan fingerprint density at radius 3 is 2.71 bits per heavy atom. The van der Waals surface area contributed by atoms with Gasteiger partial charge in [-0.25, -0.2) is 4.98 Å². The zero-order chi connectivity index (χ0) is 18.8. The van der Waals surface area contributed by atoms with Gasteiger partial charge < -0.3 is 4.90 Å². The van der Waals surface area contributed by atoms with Crippen molar-refractivity contribution in [2.24, 2.45) is 11.8 Å². The topological polar surface area (TPSA) is 53.1 Å². The lowest BCUT2D eigenvalue weighted by Gasteiger charge is -2.38. The Morgan fingerprint density at radius 1 is 1.00 bits per heavy atom. The number of para-hydroxylation sites is 2. The predicted octanol–water partition coefficient (Wildman–Crippen LogP) is 3.18. The summed E-state index contributed by atoms with van der Waals surface area (Å²) >= 11 is 0. The normalized spacial score (nSPS) is 25.3. The SMILES string of the molecule is c1ccc(CC2CNNC2C2CCCN(c3cnc4ccccc4n3)C2)cc1. The van der Waals surface area contributed by atoms with Crippen molar-refractivity contribution < 1.29 is 0 Å². The van der Waals surface area contributed by atoms with Crippen LogP contribution < -0.4 is 15.8 Å². The molecule has 2 aliphatic rings. The first-order valence-corrected chi connectivity index (χ1v) is 10.4. The predicted molar refractivity (Wildman–Crippen MR) is 113 cm³/mol. The number of benzene rings is 2. The van der Waals surface area contributed by atoms with Gasteiger partial charge in [0, 0.05) is 25.7 Å². The van der Waals surface area contributed by atoms with Gasteiger partial charge in [-0.2, -0.15) is 0 Å². The Morgan fingerprint density at radius 2 is 1.82 bits per heavy atom. The Labute approximate surface area is 166 Å². The fourth-order valence-corrected chi connectivity index (χ4v) is 4.78. The van der Waals surface area contributed by atoms with E-state index in [1.165, 1.54) is 18.4 Å². The highest BCUT2D eigenvalue weighted by molar-refractivity contribution is 5.75. The summed E-state index contributed by atoms with van der Waals surface area (Å²) in [6, 6.07) is 19.5. The number of anilines is 1. The zero-order valence-electron chi connectivity index (χ0n) is 16.1. The lowest BCUT2D eigenvalue weighted by atomic mass is 9.81. The number of piperidine rings is 1. The number of hydrogen-bond acceptors (Lipinski definition) is 5. The monoisotopic (exact) mass is 373 g/mol. The van der Waals surface area contributed by atoms with Crippen molar-refractivity contribution in [3.63, 3.8) is 0 Å². The van der Waals surface area contributed by atoms with E-state index < -0.39 is 0 Å². The minimum atomic E-state index is 0.497. The summed E-state index contributed by atoms with van der Waals surface area (Å²) in [6.07, 6.45) is 5.53. The van der Waals surface area contributed by atoms with Crippen molar-refractivity contribution in [1.82, 2.24) is 20.8 Å². The van der Waals surface area contributed by atoms with Crippen LogP contribution in [0, 0.1) is 11.8 Å². The number of aromatic nitrogens is 2. The van der Waals surface area contributed by atoms with Crippen molar-refractivity contribution in [1.29, 1.82) is 0 Å². The van der Waals surface area contributed by atoms with Gasteiger partial charge in [-0.15, -0.1) is 0 Å². The van der Waals surface area contributed by atoms with Crippen LogP contribution in [0.1, 0.15) is 18.4 Å². The van der Waals surface area contributed by atoms with Crippen molar-refractivity contribution in [2.45, 2.75) is 25.3 Å². The molecular weight excluding hydrogens is 346 g/mol. The van der Waals surface area contributed by atoms with Crippen LogP contribution in [0.4, 0.5) is 5.82 Å². The maximum Gasteiger partial charge on any atom is 0.147 e. The van der Waals surface area contributed by atoms with E-state index in [2.05, 4.69) is 51.1 Å². The van der Waals surface area contributed by atoms with Gasteiger partial charge >= 0.3 is 0 Å². The van der Waals surface area contributed by atoms with Crippen LogP contribution in [0.3, 0.4) is 0 Å². The van der Waals surface area contributed by atoms with Crippen LogP contribution in [-0.2, 0) is 6.42 Å². The molecular formula is C23H27N5. The molecule has 5 nitrogen and oxygen atoms in total. The van der Waals surface area contributed by atoms with Crippen LogP contribution in [0.25, 0.3) is 11.0 Å². The van der Waals surface area contributed by atoms with E-state index in [4.69, 9.17) is 4.98 Å². The molecule has 3 atom stereocenters. The smallest absolute Gasteiger partial charge is 0.147 e. The van der Waals surface area contributed by atoms with Crippen LogP contribution in [0.5, 0.6) is 0 Å². The van der Waals surface area contributed by atoms with E-state index >= 15 is 0 Å². The summed E-state index contributed by atoms with van der Waals surface area (Å²) in [5.41, 5.74) is 10.4. The summed E-state index contributed by atoms with van der Waals surface area (Å²) in [5.74, 6) is 2.25. The first kappa shape index (κ1) is 17.6. The van der Waals surface area contributed by atoms with Crippen molar-refractivity contribution in [3.8, 4) is 0 Å². The maximum absolute atomic E-state index is 4.87. The summed E-state index contributed by atoms with van der Waals surface area (Å²) < 4.78 is 0. The molecule has 3 aromatic rings. The lowest BCUT2D eigenvalue weighted by molar-refractivity contribution is 0.275. The van der Waals surface area contributed by atoms with E-state index in [1.807, 2.05) is 30.5 Å². The average molecular weight is 374 g/mol. The molecule has 5 rings (SSSR count). The third-order valence-electron chi connectivity index (χ3n) is 6.21. The first-order chi connectivity index (χ1) is 13.9. The van der Waals surface area contributed by atoms with E-state index in [-0.39, 0.29) is 0 Å². The van der Waals surface area contributed by atoms with Gasteiger partial charge in [-0.05, 0) is 48.8 Å². The zero-order valence-corrected chi connectivity index (χ0v) is 16.1. The quantitative estimate of drug-likeness (QED) is 0.736. The highest BCUT2D eigenvalue weighted by Crippen LogP contribution is 2.29. The van der Waals surface area contributed by atoms with Gasteiger partial charge in [0.1, 0.15) is 5.82 Å². The van der Waals surface area contributed by atoms with Crippen molar-refractivity contribution >= 4 is 16.9 Å². The maximum atomic E-state index is 4.87. The molecule has 2 saturated heterocycles. The van der Waals surface area contributed by atoms with E-state index in [0.717, 1.165) is 42.9 Å². The molecule has 3 heterocycles. The lowest BCUT2D eigenvalue weighted by Crippen LogP contribution is -2.47. The molecule has 3 unspecified atom stereocenters. The van der Waals surface area contributed by atoms with Crippen LogP contribution in [0.2, 0.25) is 0 Å². The minimum Gasteiger partial charge on any atom is -0.355 e. The molecule has 28 heavy (non-hydrogen) atoms. The Kier molecular flexibility index (Phi) is 4.93. The third-order valence-corrected chi connectivity index (χ3v) is 6.21. The Balaban J connectivity index is 1.31. The van der Waals surface area contributed by atoms with Gasteiger partial charge in [0.25, 0.3) is 0 Å². The number of nitrogens with zero attached hydrogens (tertiary/aromatic N) is 3. The number of nitrogens with one attached hydrogen (secondary N) is 2. The van der Waals surface area contributed by atoms with Crippen LogP contribution in [0.15, 0.2) is 60.8 Å². The standard InChI is InChI=1S/C23H27N5/c1-2-7-17(8-3-1)13-19-14-25-27-23(19)18-9-6-12-28(16-18)22-15-24-20-10-4-5-11-21(20)26-22/h1-5,7-8,10-11,15,18-19,23,25,27H,6,9,12-14,16H2. The molecule has 2 aromatic carbocycles. The summed E-state index contributed by atoms with van der Waals surface area (Å²) in [5, 5.41) is 0. The molecule has 2 aliphatic heterocycles. The second kappa shape index (κ2) is 7.86. The Bertz CT molecular complexity index is 928. The molecule has 0 aliphatic carbocycles. The minimum absolute atomic E-state index is 0.497. The van der Waals surface area contributed by atoms with Gasteiger partial charge in [0.15, 0.2) is 0 Å². The first-order valence-electron chi connectivity index (χ1n) is 10.4. The van der Waals surface area contributed by atoms with Crippen molar-refractivity contribution in [2.75, 3.05) is 24.5 Å². The van der Waals surface area contributed by atoms with Crippen LogP contribution in [-0.4, -0.2) is 35.6 Å². The third kappa shape index (κ3) is 3.60. The summed E-state index contributed by atoms with van der Waals surface area (Å²) in [7, 11) is 0. The average Bonchev–Trinajstić information content (AvgIpc) is 3.22. The highest BCUT2D eigenvalue weighted by atomic mass is 15.4. The van der Waals surface area contributed by atoms with E-state index in [9.17, 15) is 0 Å². The number of hydrogen-bond donors (Lipinski definition) is 2. The van der Waals surface area contributed by atoms with Crippen LogP contribution >= 0.6 is 0 Å². The van der Waals surface area contributed by atoms with E-state index in [1.54, 1.807) is 0 Å². The number of fused-ring (bicyclic) bond motifs is 1. The molecule has 5 heteroatoms. The number of rotatable bonds is 4. The van der Waals surface area contributed by atoms with Crippen molar-refractivity contribution in [3.05, 3.63) is 66.4 Å². The number of hydrazine groups is 1. The molecule has 0 radical (unpaired) electrons. The largest absolute Gasteiger partial charge is 0.355 e. The molecule has 2 N–H and O–H groups in total. The highest BCUT2D eigenvalue weighted by Gasteiger charge is 2.36. The van der Waals surface area contributed by atoms with Gasteiger partial charge in [-0.1, -0.05) is 42.5 Å². The molecule has 0 saturated carbocycles. The Hall–Kier alpha value is -2.50. The fraction of sp³-hybridized carbons (Fsp3) is 0.391. The van der Waals surface area contributed by atoms with E-state index in [0.29, 0.717) is 17.9 Å². The summed E-state index contributed by atoms with van der Waals surface area (Å²) in [4.78, 5) is 11.9. The molecule has 0 amide bonds. The van der Waals surface area contributed by atoms with Gasteiger partial charge in [0.2, 0.25) is 0 Å². The molecule has 0 spiro atoms. The molecule has 1 aromatic heterocycles. The fourth-order valence-electron chi connectivity index (χ4n) is 4.78. The van der Waals surface area contributed by atoms with Gasteiger partial charge in [0.05, 0.1) is 17.2 Å².